The third-order valence-electron chi connectivity index (χ3n) is 5.21. The summed E-state index contributed by atoms with van der Waals surface area (Å²) in [4.78, 5) is 28.2. The van der Waals surface area contributed by atoms with Gasteiger partial charge < -0.3 is 29.2 Å². The van der Waals surface area contributed by atoms with E-state index >= 15 is 0 Å². The molecule has 1 fully saturated rings. The molecule has 3 rings (SSSR count). The number of carbonyl (C=O) groups is 2. The molecule has 0 radical (unpaired) electrons. The number of nitrogens with zero attached hydrogens (tertiary/aromatic N) is 1. The van der Waals surface area contributed by atoms with E-state index in [1.807, 2.05) is 0 Å². The van der Waals surface area contributed by atoms with Gasteiger partial charge in [0.15, 0.2) is 11.5 Å². The first kappa shape index (κ1) is 24.7. The molecule has 8 nitrogen and oxygen atoms in total. The number of amides is 2. The van der Waals surface area contributed by atoms with Crippen molar-refractivity contribution in [2.45, 2.75) is 11.4 Å². The van der Waals surface area contributed by atoms with Gasteiger partial charge in [0.05, 0.1) is 27.9 Å². The van der Waals surface area contributed by atoms with Gasteiger partial charge in [-0.2, -0.15) is 0 Å². The molecule has 1 N–H and O–H groups in total. The Kier molecular flexibility index (Phi) is 8.40. The minimum Gasteiger partial charge on any atom is -0.493 e. The van der Waals surface area contributed by atoms with Crippen molar-refractivity contribution in [1.29, 1.82) is 0 Å². The first-order chi connectivity index (χ1) is 15.9. The third-order valence-corrected chi connectivity index (χ3v) is 6.53. The summed E-state index contributed by atoms with van der Waals surface area (Å²) < 4.78 is 34.6. The summed E-state index contributed by atoms with van der Waals surface area (Å²) in [5, 5.41) is 2.33. The Morgan fingerprint density at radius 3 is 2.24 bits per heavy atom. The SMILES string of the molecule is COCCNC(=O)C1CSC(c2ccc(F)cc2)N1C(=O)c1cc(OC)c(OC)c(OC)c1. The largest absolute Gasteiger partial charge is 0.493 e. The highest BCUT2D eigenvalue weighted by Crippen LogP contribution is 2.44. The van der Waals surface area contributed by atoms with Gasteiger partial charge >= 0.3 is 0 Å². The lowest BCUT2D eigenvalue weighted by molar-refractivity contribution is -0.125. The quantitative estimate of drug-likeness (QED) is 0.555. The molecule has 10 heteroatoms. The van der Waals surface area contributed by atoms with Crippen LogP contribution in [0.1, 0.15) is 21.3 Å². The average Bonchev–Trinajstić information content (AvgIpc) is 3.28. The molecule has 2 atom stereocenters. The molecular formula is C23H27FN2O6S. The lowest BCUT2D eigenvalue weighted by Gasteiger charge is -2.29. The van der Waals surface area contributed by atoms with E-state index < -0.39 is 11.4 Å². The van der Waals surface area contributed by atoms with E-state index in [9.17, 15) is 14.0 Å². The van der Waals surface area contributed by atoms with Crippen LogP contribution in [-0.4, -0.2) is 70.1 Å². The van der Waals surface area contributed by atoms with E-state index in [0.717, 1.165) is 5.56 Å². The van der Waals surface area contributed by atoms with E-state index in [4.69, 9.17) is 18.9 Å². The Hall–Kier alpha value is -2.98. The number of hydrogen-bond donors (Lipinski definition) is 1. The number of carbonyl (C=O) groups excluding carboxylic acids is 2. The predicted octanol–water partition coefficient (Wildman–Crippen LogP) is 2.87. The molecule has 0 aliphatic carbocycles. The van der Waals surface area contributed by atoms with Crippen LogP contribution >= 0.6 is 11.8 Å². The van der Waals surface area contributed by atoms with Crippen LogP contribution in [0.4, 0.5) is 4.39 Å². The highest BCUT2D eigenvalue weighted by molar-refractivity contribution is 7.99. The summed E-state index contributed by atoms with van der Waals surface area (Å²) in [7, 11) is 5.95. The molecular weight excluding hydrogens is 451 g/mol. The highest BCUT2D eigenvalue weighted by atomic mass is 32.2. The second-order valence-electron chi connectivity index (χ2n) is 7.16. The van der Waals surface area contributed by atoms with E-state index in [0.29, 0.717) is 36.2 Å². The Balaban J connectivity index is 2.01. The average molecular weight is 479 g/mol. The van der Waals surface area contributed by atoms with Crippen molar-refractivity contribution in [2.24, 2.45) is 0 Å². The summed E-state index contributed by atoms with van der Waals surface area (Å²) in [6, 6.07) is 8.28. The third kappa shape index (κ3) is 5.33. The van der Waals surface area contributed by atoms with Crippen LogP contribution in [0.25, 0.3) is 0 Å². The highest BCUT2D eigenvalue weighted by Gasteiger charge is 2.43. The molecule has 1 aliphatic heterocycles. The minimum absolute atomic E-state index is 0.272. The summed E-state index contributed by atoms with van der Waals surface area (Å²) in [6.45, 7) is 0.678. The number of ether oxygens (including phenoxy) is 4. The van der Waals surface area contributed by atoms with Crippen molar-refractivity contribution >= 4 is 23.6 Å². The van der Waals surface area contributed by atoms with Crippen LogP contribution in [0.2, 0.25) is 0 Å². The van der Waals surface area contributed by atoms with E-state index in [2.05, 4.69) is 5.32 Å². The first-order valence-corrected chi connectivity index (χ1v) is 11.3. The minimum atomic E-state index is -0.728. The predicted molar refractivity (Wildman–Crippen MR) is 123 cm³/mol. The second-order valence-corrected chi connectivity index (χ2v) is 8.28. The van der Waals surface area contributed by atoms with Gasteiger partial charge in [-0.15, -0.1) is 11.8 Å². The van der Waals surface area contributed by atoms with Gasteiger partial charge in [0, 0.05) is 25.0 Å². The number of benzene rings is 2. The fourth-order valence-electron chi connectivity index (χ4n) is 3.59. The Morgan fingerprint density at radius 2 is 1.70 bits per heavy atom. The van der Waals surface area contributed by atoms with Gasteiger partial charge in [0.2, 0.25) is 11.7 Å². The van der Waals surface area contributed by atoms with Crippen molar-refractivity contribution in [3.05, 3.63) is 53.3 Å². The lowest BCUT2D eigenvalue weighted by Crippen LogP contribution is -2.48. The molecule has 2 aromatic carbocycles. The fraction of sp³-hybridized carbons (Fsp3) is 0.391. The second kappa shape index (κ2) is 11.2. The van der Waals surface area contributed by atoms with Gasteiger partial charge in [-0.1, -0.05) is 12.1 Å². The Labute approximate surface area is 196 Å². The molecule has 2 amide bonds. The van der Waals surface area contributed by atoms with Gasteiger partial charge in [0.25, 0.3) is 5.91 Å². The monoisotopic (exact) mass is 478 g/mol. The molecule has 1 saturated heterocycles. The summed E-state index contributed by atoms with van der Waals surface area (Å²) >= 11 is 1.44. The van der Waals surface area contributed by atoms with E-state index in [1.165, 1.54) is 50.1 Å². The van der Waals surface area contributed by atoms with Crippen molar-refractivity contribution in [3.63, 3.8) is 0 Å². The van der Waals surface area contributed by atoms with Crippen molar-refractivity contribution in [3.8, 4) is 17.2 Å². The molecule has 0 aromatic heterocycles. The molecule has 0 saturated carbocycles. The molecule has 2 unspecified atom stereocenters. The Morgan fingerprint density at radius 1 is 1.06 bits per heavy atom. The van der Waals surface area contributed by atoms with Crippen LogP contribution < -0.4 is 19.5 Å². The molecule has 1 heterocycles. The molecule has 178 valence electrons. The van der Waals surface area contributed by atoms with Crippen LogP contribution in [0.5, 0.6) is 17.2 Å². The molecule has 33 heavy (non-hydrogen) atoms. The van der Waals surface area contributed by atoms with Gasteiger partial charge in [-0.3, -0.25) is 9.59 Å². The van der Waals surface area contributed by atoms with Gasteiger partial charge in [0.1, 0.15) is 17.2 Å². The molecule has 0 bridgehead atoms. The van der Waals surface area contributed by atoms with Crippen LogP contribution in [0.15, 0.2) is 36.4 Å². The van der Waals surface area contributed by atoms with Gasteiger partial charge in [-0.25, -0.2) is 4.39 Å². The van der Waals surface area contributed by atoms with Crippen molar-refractivity contribution < 1.29 is 32.9 Å². The zero-order valence-electron chi connectivity index (χ0n) is 18.9. The van der Waals surface area contributed by atoms with Crippen LogP contribution in [0.3, 0.4) is 0 Å². The normalized spacial score (nSPS) is 17.5. The number of hydrogen-bond acceptors (Lipinski definition) is 7. The number of halogens is 1. The summed E-state index contributed by atoms with van der Waals surface area (Å²) in [5.74, 6) is 0.342. The number of rotatable bonds is 9. The lowest BCUT2D eigenvalue weighted by atomic mass is 10.1. The standard InChI is InChI=1S/C23H27FN2O6S/c1-29-10-9-25-21(27)17-13-33-23(14-5-7-16(24)8-6-14)26(17)22(28)15-11-18(30-2)20(32-4)19(12-15)31-3/h5-8,11-12,17,23H,9-10,13H2,1-4H3,(H,25,27). The van der Waals surface area contributed by atoms with E-state index in [-0.39, 0.29) is 23.2 Å². The maximum atomic E-state index is 13.8. The first-order valence-electron chi connectivity index (χ1n) is 10.2. The molecule has 0 spiro atoms. The Bertz CT molecular complexity index is 962. The van der Waals surface area contributed by atoms with Crippen LogP contribution in [-0.2, 0) is 9.53 Å². The fourth-order valence-corrected chi connectivity index (χ4v) is 5.02. The number of thioether (sulfide) groups is 1. The topological polar surface area (TPSA) is 86.3 Å². The zero-order valence-corrected chi connectivity index (χ0v) is 19.7. The summed E-state index contributed by atoms with van der Waals surface area (Å²) in [5.41, 5.74) is 0.989. The molecule has 1 aliphatic rings. The zero-order chi connectivity index (χ0) is 24.0. The van der Waals surface area contributed by atoms with E-state index in [1.54, 1.807) is 31.4 Å². The van der Waals surface area contributed by atoms with Crippen molar-refractivity contribution in [2.75, 3.05) is 47.3 Å². The summed E-state index contributed by atoms with van der Waals surface area (Å²) in [6.07, 6.45) is 0. The maximum absolute atomic E-state index is 13.8. The smallest absolute Gasteiger partial charge is 0.256 e. The number of nitrogens with one attached hydrogen (secondary N) is 1. The van der Waals surface area contributed by atoms with Crippen LogP contribution in [0, 0.1) is 5.82 Å². The van der Waals surface area contributed by atoms with Crippen molar-refractivity contribution in [1.82, 2.24) is 10.2 Å². The van der Waals surface area contributed by atoms with Gasteiger partial charge in [-0.05, 0) is 29.8 Å². The number of methoxy groups -OCH3 is 4. The molecule has 2 aromatic rings. The maximum Gasteiger partial charge on any atom is 0.256 e.